The molecule has 198 valence electrons. The Morgan fingerprint density at radius 3 is 1.83 bits per heavy atom. The van der Waals surface area contributed by atoms with Crippen LogP contribution in [0, 0.1) is 0 Å². The van der Waals surface area contributed by atoms with Gasteiger partial charge in [-0.05, 0) is 75.5 Å². The highest BCUT2D eigenvalue weighted by molar-refractivity contribution is 7.26. The Hall–Kier alpha value is -5.25. The van der Waals surface area contributed by atoms with E-state index in [0.29, 0.717) is 0 Å². The summed E-state index contributed by atoms with van der Waals surface area (Å²) >= 11 is 1.82. The first-order valence-corrected chi connectivity index (χ1v) is 14.9. The topological polar surface area (TPSA) is 16.1 Å². The number of thiophene rings is 1. The molecule has 0 saturated heterocycles. The van der Waals surface area contributed by atoms with Crippen LogP contribution in [0.15, 0.2) is 158 Å². The summed E-state index contributed by atoms with van der Waals surface area (Å²) in [4.78, 5) is 7.28. The first-order chi connectivity index (χ1) is 20.8. The Balaban J connectivity index is 1.34. The van der Waals surface area contributed by atoms with E-state index in [2.05, 4.69) is 157 Å². The standard InChI is InChI=1S/C39H26N2S/c1-3-10-27(11-4-1)29-18-20-33(21-19-29)41(34-17-9-16-30(24-34)28-12-5-2-6-13-28)36-22-23-40-38-35-25-31-14-7-8-15-32(31)26-37(35)42-39(36)38/h1-26H. The maximum atomic E-state index is 4.91. The van der Waals surface area contributed by atoms with Crippen molar-refractivity contribution in [3.63, 3.8) is 0 Å². The number of aromatic nitrogens is 1. The zero-order chi connectivity index (χ0) is 27.9. The summed E-state index contributed by atoms with van der Waals surface area (Å²) in [6, 6.07) is 54.1. The average Bonchev–Trinajstić information content (AvgIpc) is 3.43. The lowest BCUT2D eigenvalue weighted by atomic mass is 10.0. The molecule has 42 heavy (non-hydrogen) atoms. The van der Waals surface area contributed by atoms with E-state index in [9.17, 15) is 0 Å². The summed E-state index contributed by atoms with van der Waals surface area (Å²) in [6.45, 7) is 0. The highest BCUT2D eigenvalue weighted by atomic mass is 32.1. The number of anilines is 3. The first-order valence-electron chi connectivity index (χ1n) is 14.1. The van der Waals surface area contributed by atoms with Crippen molar-refractivity contribution in [2.24, 2.45) is 0 Å². The SMILES string of the molecule is c1ccc(-c2ccc(N(c3cccc(-c4ccccc4)c3)c3ccnc4c3sc3cc5ccccc5cc34)cc2)cc1. The van der Waals surface area contributed by atoms with Crippen molar-refractivity contribution in [2.45, 2.75) is 0 Å². The monoisotopic (exact) mass is 554 g/mol. The van der Waals surface area contributed by atoms with E-state index in [4.69, 9.17) is 4.98 Å². The van der Waals surface area contributed by atoms with Crippen molar-refractivity contribution in [3.8, 4) is 22.3 Å². The molecule has 0 fully saturated rings. The lowest BCUT2D eigenvalue weighted by Gasteiger charge is -2.26. The summed E-state index contributed by atoms with van der Waals surface area (Å²) in [5.74, 6) is 0. The minimum Gasteiger partial charge on any atom is -0.309 e. The highest BCUT2D eigenvalue weighted by Crippen LogP contribution is 2.45. The molecule has 0 saturated carbocycles. The lowest BCUT2D eigenvalue weighted by Crippen LogP contribution is -2.10. The molecule has 0 amide bonds. The molecular formula is C39H26N2S. The van der Waals surface area contributed by atoms with Crippen LogP contribution in [0.4, 0.5) is 17.1 Å². The second-order valence-corrected chi connectivity index (χ2v) is 11.5. The van der Waals surface area contributed by atoms with Gasteiger partial charge in [0.05, 0.1) is 15.9 Å². The quantitative estimate of drug-likeness (QED) is 0.210. The summed E-state index contributed by atoms with van der Waals surface area (Å²) in [5, 5.41) is 3.69. The van der Waals surface area contributed by atoms with Gasteiger partial charge in [0.1, 0.15) is 0 Å². The number of nitrogens with zero attached hydrogens (tertiary/aromatic N) is 2. The van der Waals surface area contributed by atoms with Gasteiger partial charge in [-0.15, -0.1) is 11.3 Å². The Morgan fingerprint density at radius 1 is 0.476 bits per heavy atom. The van der Waals surface area contributed by atoms with E-state index in [1.54, 1.807) is 0 Å². The van der Waals surface area contributed by atoms with Crippen molar-refractivity contribution in [1.82, 2.24) is 4.98 Å². The van der Waals surface area contributed by atoms with Gasteiger partial charge < -0.3 is 4.90 Å². The van der Waals surface area contributed by atoms with Crippen LogP contribution in [0.25, 0.3) is 53.3 Å². The van der Waals surface area contributed by atoms with Crippen LogP contribution < -0.4 is 4.90 Å². The molecular weight excluding hydrogens is 529 g/mol. The van der Waals surface area contributed by atoms with Gasteiger partial charge in [-0.3, -0.25) is 4.98 Å². The maximum absolute atomic E-state index is 4.91. The molecule has 8 aromatic rings. The number of hydrogen-bond acceptors (Lipinski definition) is 3. The van der Waals surface area contributed by atoms with Gasteiger partial charge >= 0.3 is 0 Å². The minimum atomic E-state index is 1.04. The van der Waals surface area contributed by atoms with Crippen LogP contribution in [0.5, 0.6) is 0 Å². The number of hydrogen-bond donors (Lipinski definition) is 0. The fourth-order valence-corrected chi connectivity index (χ4v) is 7.02. The summed E-state index contributed by atoms with van der Waals surface area (Å²) in [5.41, 5.74) is 9.19. The van der Waals surface area contributed by atoms with Gasteiger partial charge in [-0.1, -0.05) is 109 Å². The maximum Gasteiger partial charge on any atom is 0.0909 e. The predicted octanol–water partition coefficient (Wildman–Crippen LogP) is 11.4. The van der Waals surface area contributed by atoms with Crippen molar-refractivity contribution in [2.75, 3.05) is 4.90 Å². The van der Waals surface area contributed by atoms with E-state index in [1.165, 1.54) is 47.8 Å². The number of pyridine rings is 1. The van der Waals surface area contributed by atoms with Crippen LogP contribution in [0.1, 0.15) is 0 Å². The lowest BCUT2D eigenvalue weighted by molar-refractivity contribution is 1.29. The van der Waals surface area contributed by atoms with Crippen molar-refractivity contribution < 1.29 is 0 Å². The van der Waals surface area contributed by atoms with E-state index >= 15 is 0 Å². The van der Waals surface area contributed by atoms with E-state index in [-0.39, 0.29) is 0 Å². The van der Waals surface area contributed by atoms with Crippen LogP contribution >= 0.6 is 11.3 Å². The summed E-state index contributed by atoms with van der Waals surface area (Å²) < 4.78 is 2.43. The molecule has 2 aromatic heterocycles. The largest absolute Gasteiger partial charge is 0.309 e. The number of fused-ring (bicyclic) bond motifs is 4. The van der Waals surface area contributed by atoms with E-state index in [1.807, 2.05) is 17.5 Å². The summed E-state index contributed by atoms with van der Waals surface area (Å²) in [6.07, 6.45) is 1.95. The molecule has 0 radical (unpaired) electrons. The number of benzene rings is 6. The molecule has 0 spiro atoms. The molecule has 2 heterocycles. The minimum absolute atomic E-state index is 1.04. The molecule has 2 nitrogen and oxygen atoms in total. The fraction of sp³-hybridized carbons (Fsp3) is 0. The van der Waals surface area contributed by atoms with Crippen LogP contribution in [0.2, 0.25) is 0 Å². The van der Waals surface area contributed by atoms with Gasteiger partial charge in [0, 0.05) is 27.7 Å². The molecule has 0 N–H and O–H groups in total. The Morgan fingerprint density at radius 2 is 1.10 bits per heavy atom. The third-order valence-corrected chi connectivity index (χ3v) is 9.05. The Bertz CT molecular complexity index is 2180. The molecule has 0 unspecified atom stereocenters. The molecule has 8 rings (SSSR count). The van der Waals surface area contributed by atoms with Gasteiger partial charge in [-0.25, -0.2) is 0 Å². The van der Waals surface area contributed by atoms with E-state index < -0.39 is 0 Å². The van der Waals surface area contributed by atoms with Crippen LogP contribution in [-0.4, -0.2) is 4.98 Å². The molecule has 6 aromatic carbocycles. The number of rotatable bonds is 5. The van der Waals surface area contributed by atoms with Crippen LogP contribution in [0.3, 0.4) is 0 Å². The Labute approximate surface area is 248 Å². The average molecular weight is 555 g/mol. The van der Waals surface area contributed by atoms with Crippen molar-refractivity contribution in [1.29, 1.82) is 0 Å². The van der Waals surface area contributed by atoms with E-state index in [0.717, 1.165) is 22.6 Å². The molecule has 0 aliphatic rings. The molecule has 0 aliphatic heterocycles. The zero-order valence-corrected chi connectivity index (χ0v) is 23.6. The fourth-order valence-electron chi connectivity index (χ4n) is 5.82. The summed E-state index contributed by atoms with van der Waals surface area (Å²) in [7, 11) is 0. The van der Waals surface area contributed by atoms with Gasteiger partial charge in [-0.2, -0.15) is 0 Å². The second kappa shape index (κ2) is 10.3. The normalized spacial score (nSPS) is 11.3. The molecule has 0 atom stereocenters. The van der Waals surface area contributed by atoms with Gasteiger partial charge in [0.2, 0.25) is 0 Å². The van der Waals surface area contributed by atoms with Crippen molar-refractivity contribution in [3.05, 3.63) is 158 Å². The third kappa shape index (κ3) is 4.32. The predicted molar refractivity (Wildman–Crippen MR) is 180 cm³/mol. The van der Waals surface area contributed by atoms with Gasteiger partial charge in [0.15, 0.2) is 0 Å². The molecule has 0 bridgehead atoms. The molecule has 3 heteroatoms. The molecule has 0 aliphatic carbocycles. The zero-order valence-electron chi connectivity index (χ0n) is 22.8. The smallest absolute Gasteiger partial charge is 0.0909 e. The Kier molecular flexibility index (Phi) is 6.02. The van der Waals surface area contributed by atoms with Crippen molar-refractivity contribution >= 4 is 59.5 Å². The second-order valence-electron chi connectivity index (χ2n) is 10.5. The highest BCUT2D eigenvalue weighted by Gasteiger charge is 2.19. The first kappa shape index (κ1) is 24.5. The third-order valence-electron chi connectivity index (χ3n) is 7.88. The van der Waals surface area contributed by atoms with Crippen LogP contribution in [-0.2, 0) is 0 Å². The van der Waals surface area contributed by atoms with Gasteiger partial charge in [0.25, 0.3) is 0 Å².